The summed E-state index contributed by atoms with van der Waals surface area (Å²) in [5.41, 5.74) is 0. The standard InChI is InChI=1S/C9H12F3N3O/c10-9(11,12)4-3-8-14-7(15-16-8)5-13-6-1-2-6/h6,13H,1-5H2. The fraction of sp³-hybridized carbons (Fsp3) is 0.778. The van der Waals surface area contributed by atoms with E-state index >= 15 is 0 Å². The Balaban J connectivity index is 1.77. The molecule has 1 aliphatic carbocycles. The number of aromatic nitrogens is 2. The van der Waals surface area contributed by atoms with Gasteiger partial charge in [0.1, 0.15) is 0 Å². The molecular weight excluding hydrogens is 223 g/mol. The summed E-state index contributed by atoms with van der Waals surface area (Å²) >= 11 is 0. The number of hydrogen-bond donors (Lipinski definition) is 1. The molecule has 1 aromatic heterocycles. The van der Waals surface area contributed by atoms with Crippen LogP contribution >= 0.6 is 0 Å². The van der Waals surface area contributed by atoms with Gasteiger partial charge in [0.2, 0.25) is 5.89 Å². The van der Waals surface area contributed by atoms with Crippen molar-refractivity contribution in [3.05, 3.63) is 11.7 Å². The van der Waals surface area contributed by atoms with Gasteiger partial charge in [-0.05, 0) is 12.8 Å². The summed E-state index contributed by atoms with van der Waals surface area (Å²) in [7, 11) is 0. The van der Waals surface area contributed by atoms with E-state index in [1.54, 1.807) is 0 Å². The van der Waals surface area contributed by atoms with Gasteiger partial charge < -0.3 is 9.84 Å². The van der Waals surface area contributed by atoms with Gasteiger partial charge >= 0.3 is 6.18 Å². The second kappa shape index (κ2) is 4.40. The first kappa shape index (κ1) is 11.4. The normalized spacial score (nSPS) is 16.7. The summed E-state index contributed by atoms with van der Waals surface area (Å²) in [6.07, 6.45) is -3.08. The van der Waals surface area contributed by atoms with Crippen molar-refractivity contribution in [2.75, 3.05) is 0 Å². The van der Waals surface area contributed by atoms with Crippen LogP contribution in [-0.4, -0.2) is 22.4 Å². The molecule has 0 spiro atoms. The van der Waals surface area contributed by atoms with Gasteiger partial charge in [-0.2, -0.15) is 18.2 Å². The van der Waals surface area contributed by atoms with Crippen molar-refractivity contribution in [2.24, 2.45) is 0 Å². The average molecular weight is 235 g/mol. The summed E-state index contributed by atoms with van der Waals surface area (Å²) < 4.78 is 40.4. The number of aryl methyl sites for hydroxylation is 1. The summed E-state index contributed by atoms with van der Waals surface area (Å²) in [6.45, 7) is 0.459. The summed E-state index contributed by atoms with van der Waals surface area (Å²) in [4.78, 5) is 3.87. The molecule has 16 heavy (non-hydrogen) atoms. The molecule has 0 saturated heterocycles. The molecule has 0 aliphatic heterocycles. The third kappa shape index (κ3) is 3.80. The predicted octanol–water partition coefficient (Wildman–Crippen LogP) is 1.82. The summed E-state index contributed by atoms with van der Waals surface area (Å²) in [5, 5.41) is 6.75. The molecule has 1 aliphatic rings. The Labute approximate surface area is 90.2 Å². The molecule has 1 aromatic rings. The van der Waals surface area contributed by atoms with Crippen molar-refractivity contribution in [3.8, 4) is 0 Å². The number of nitrogens with zero attached hydrogens (tertiary/aromatic N) is 2. The van der Waals surface area contributed by atoms with E-state index in [9.17, 15) is 13.2 Å². The second-order valence-electron chi connectivity index (χ2n) is 3.87. The fourth-order valence-electron chi connectivity index (χ4n) is 1.24. The van der Waals surface area contributed by atoms with Crippen LogP contribution in [0.25, 0.3) is 0 Å². The zero-order valence-corrected chi connectivity index (χ0v) is 8.55. The molecular formula is C9H12F3N3O. The maximum absolute atomic E-state index is 11.9. The Morgan fingerprint density at radius 3 is 2.75 bits per heavy atom. The molecule has 1 heterocycles. The van der Waals surface area contributed by atoms with Gasteiger partial charge in [0.05, 0.1) is 13.0 Å². The highest BCUT2D eigenvalue weighted by molar-refractivity contribution is 4.89. The highest BCUT2D eigenvalue weighted by atomic mass is 19.4. The molecule has 0 amide bonds. The first-order valence-electron chi connectivity index (χ1n) is 5.14. The lowest BCUT2D eigenvalue weighted by atomic mass is 10.3. The predicted molar refractivity (Wildman–Crippen MR) is 48.5 cm³/mol. The molecule has 90 valence electrons. The minimum atomic E-state index is -4.18. The lowest BCUT2D eigenvalue weighted by Crippen LogP contribution is -2.16. The Bertz CT molecular complexity index is 346. The van der Waals surface area contributed by atoms with E-state index in [0.29, 0.717) is 18.4 Å². The fourth-order valence-corrected chi connectivity index (χ4v) is 1.24. The molecule has 7 heteroatoms. The zero-order chi connectivity index (χ0) is 11.6. The molecule has 4 nitrogen and oxygen atoms in total. The maximum Gasteiger partial charge on any atom is 0.389 e. The Morgan fingerprint density at radius 2 is 2.12 bits per heavy atom. The number of rotatable bonds is 5. The number of alkyl halides is 3. The lowest BCUT2D eigenvalue weighted by molar-refractivity contribution is -0.134. The van der Waals surface area contributed by atoms with E-state index in [4.69, 9.17) is 4.52 Å². The largest absolute Gasteiger partial charge is 0.389 e. The van der Waals surface area contributed by atoms with E-state index in [0.717, 1.165) is 12.8 Å². The van der Waals surface area contributed by atoms with Gasteiger partial charge in [0.25, 0.3) is 0 Å². The first-order valence-corrected chi connectivity index (χ1v) is 5.14. The average Bonchev–Trinajstić information content (AvgIpc) is 2.91. The van der Waals surface area contributed by atoms with Crippen LogP contribution in [0.4, 0.5) is 13.2 Å². The minimum Gasteiger partial charge on any atom is -0.339 e. The van der Waals surface area contributed by atoms with Crippen molar-refractivity contribution in [1.82, 2.24) is 15.5 Å². The van der Waals surface area contributed by atoms with Crippen molar-refractivity contribution in [2.45, 2.75) is 44.4 Å². The van der Waals surface area contributed by atoms with E-state index in [1.807, 2.05) is 0 Å². The molecule has 0 aromatic carbocycles. The summed E-state index contributed by atoms with van der Waals surface area (Å²) in [6, 6.07) is 0.511. The quantitative estimate of drug-likeness (QED) is 0.845. The molecule has 1 N–H and O–H groups in total. The molecule has 1 saturated carbocycles. The van der Waals surface area contributed by atoms with Crippen LogP contribution in [0.2, 0.25) is 0 Å². The maximum atomic E-state index is 11.9. The van der Waals surface area contributed by atoms with Crippen LogP contribution < -0.4 is 5.32 Å². The van der Waals surface area contributed by atoms with Crippen LogP contribution in [0.5, 0.6) is 0 Å². The molecule has 2 rings (SSSR count). The van der Waals surface area contributed by atoms with Gasteiger partial charge in [-0.25, -0.2) is 0 Å². The van der Waals surface area contributed by atoms with Crippen LogP contribution in [0.15, 0.2) is 4.52 Å². The van der Waals surface area contributed by atoms with Crippen molar-refractivity contribution >= 4 is 0 Å². The second-order valence-corrected chi connectivity index (χ2v) is 3.87. The Morgan fingerprint density at radius 1 is 1.38 bits per heavy atom. The van der Waals surface area contributed by atoms with Crippen LogP contribution in [0, 0.1) is 0 Å². The Kier molecular flexibility index (Phi) is 3.13. The van der Waals surface area contributed by atoms with E-state index < -0.39 is 12.6 Å². The van der Waals surface area contributed by atoms with Crippen molar-refractivity contribution < 1.29 is 17.7 Å². The van der Waals surface area contributed by atoms with Gasteiger partial charge in [-0.1, -0.05) is 5.16 Å². The zero-order valence-electron chi connectivity index (χ0n) is 8.55. The third-order valence-electron chi connectivity index (χ3n) is 2.26. The van der Waals surface area contributed by atoms with Gasteiger partial charge in [-0.3, -0.25) is 0 Å². The molecule has 0 unspecified atom stereocenters. The smallest absolute Gasteiger partial charge is 0.339 e. The topological polar surface area (TPSA) is 51.0 Å². The number of nitrogens with one attached hydrogen (secondary N) is 1. The van der Waals surface area contributed by atoms with Crippen LogP contribution in [0.1, 0.15) is 31.0 Å². The molecule has 0 radical (unpaired) electrons. The van der Waals surface area contributed by atoms with Gasteiger partial charge in [-0.15, -0.1) is 0 Å². The highest BCUT2D eigenvalue weighted by Crippen LogP contribution is 2.22. The lowest BCUT2D eigenvalue weighted by Gasteiger charge is -2.01. The van der Waals surface area contributed by atoms with Crippen molar-refractivity contribution in [3.63, 3.8) is 0 Å². The van der Waals surface area contributed by atoms with E-state index in [1.165, 1.54) is 0 Å². The van der Waals surface area contributed by atoms with Gasteiger partial charge in [0.15, 0.2) is 5.82 Å². The van der Waals surface area contributed by atoms with Gasteiger partial charge in [0, 0.05) is 12.5 Å². The first-order chi connectivity index (χ1) is 7.53. The van der Waals surface area contributed by atoms with Crippen LogP contribution in [0.3, 0.4) is 0 Å². The SMILES string of the molecule is FC(F)(F)CCc1nc(CNC2CC2)no1. The number of halogens is 3. The van der Waals surface area contributed by atoms with Crippen LogP contribution in [-0.2, 0) is 13.0 Å². The highest BCUT2D eigenvalue weighted by Gasteiger charge is 2.28. The summed E-state index contributed by atoms with van der Waals surface area (Å²) in [5.74, 6) is 0.467. The minimum absolute atomic E-state index is 0.0462. The number of hydrogen-bond acceptors (Lipinski definition) is 4. The van der Waals surface area contributed by atoms with Crippen molar-refractivity contribution in [1.29, 1.82) is 0 Å². The molecule has 0 bridgehead atoms. The third-order valence-corrected chi connectivity index (χ3v) is 2.26. The molecule has 0 atom stereocenters. The van der Waals surface area contributed by atoms with E-state index in [-0.39, 0.29) is 12.3 Å². The monoisotopic (exact) mass is 235 g/mol. The van der Waals surface area contributed by atoms with E-state index in [2.05, 4.69) is 15.5 Å². The Hall–Kier alpha value is -1.11. The molecule has 1 fully saturated rings.